The molecule has 434 valence electrons. The highest BCUT2D eigenvalue weighted by Crippen LogP contribution is 2.15. The largest absolute Gasteiger partial charge is 0.462 e. The summed E-state index contributed by atoms with van der Waals surface area (Å²) in [5, 5.41) is 0. The van der Waals surface area contributed by atoms with Crippen LogP contribution < -0.4 is 0 Å². The predicted molar refractivity (Wildman–Crippen MR) is 330 cm³/mol. The van der Waals surface area contributed by atoms with E-state index in [9.17, 15) is 14.4 Å². The first-order valence-electron chi connectivity index (χ1n) is 31.9. The Kier molecular flexibility index (Phi) is 60.3. The SMILES string of the molecule is CC/C=C\C/C=C\C/C=C\C/C=C\C/C=C\CCCCCCCCCCCCCC(=O)OCC(COC(=O)CCCCCCC/C=C\CCCCC)OC(=O)CCCCCCCC/C=C\C/C=C\C/C=C\CCCCC. The van der Waals surface area contributed by atoms with E-state index in [1.54, 1.807) is 0 Å². The predicted octanol–water partition coefficient (Wildman–Crippen LogP) is 21.8. The quantitative estimate of drug-likeness (QED) is 0.0261. The van der Waals surface area contributed by atoms with E-state index >= 15 is 0 Å². The molecule has 6 heteroatoms. The minimum atomic E-state index is -0.792. The average molecular weight is 1060 g/mol. The standard InChI is InChI=1S/C70H118O6/c1-4-7-10-13-16-19-22-25-27-29-31-32-33-34-35-36-37-38-40-41-43-45-48-51-54-57-60-63-69(72)75-66-67(65-74-68(71)62-59-56-53-50-47-24-21-18-15-12-9-6-3)76-70(73)64-61-58-55-52-49-46-44-42-39-30-28-26-23-20-17-14-11-8-5-2/h7,10,16-21,25-28,31-32,34-35,39,42,67H,4-6,8-9,11-15,22-24,29-30,33,36-38,40-41,43-66H2,1-3H3/b10-7-,19-16-,20-17-,21-18-,27-25-,28-26-,32-31-,35-34-,42-39-. The Morgan fingerprint density at radius 3 is 0.816 bits per heavy atom. The van der Waals surface area contributed by atoms with Gasteiger partial charge in [0.2, 0.25) is 0 Å². The lowest BCUT2D eigenvalue weighted by molar-refractivity contribution is -0.167. The molecule has 0 aliphatic heterocycles. The Balaban J connectivity index is 4.32. The van der Waals surface area contributed by atoms with Crippen molar-refractivity contribution in [3.8, 4) is 0 Å². The Morgan fingerprint density at radius 2 is 0.513 bits per heavy atom. The van der Waals surface area contributed by atoms with Crippen molar-refractivity contribution in [3.63, 3.8) is 0 Å². The summed E-state index contributed by atoms with van der Waals surface area (Å²) < 4.78 is 16.9. The molecule has 0 rings (SSSR count). The molecule has 0 spiro atoms. The van der Waals surface area contributed by atoms with Gasteiger partial charge in [-0.15, -0.1) is 0 Å². The second-order valence-corrected chi connectivity index (χ2v) is 20.9. The highest BCUT2D eigenvalue weighted by atomic mass is 16.6. The molecule has 0 fully saturated rings. The second kappa shape index (κ2) is 63.6. The maximum absolute atomic E-state index is 12.9. The summed E-state index contributed by atoms with van der Waals surface area (Å²) >= 11 is 0. The number of unbranched alkanes of at least 4 members (excludes halogenated alkanes) is 28. The molecule has 0 aliphatic rings. The van der Waals surface area contributed by atoms with Crippen LogP contribution in [0.4, 0.5) is 0 Å². The third kappa shape index (κ3) is 60.9. The lowest BCUT2D eigenvalue weighted by atomic mass is 10.0. The number of hydrogen-bond acceptors (Lipinski definition) is 6. The van der Waals surface area contributed by atoms with Crippen LogP contribution in [0.25, 0.3) is 0 Å². The van der Waals surface area contributed by atoms with E-state index in [1.807, 2.05) is 0 Å². The minimum Gasteiger partial charge on any atom is -0.462 e. The number of carbonyl (C=O) groups excluding carboxylic acids is 3. The highest BCUT2D eigenvalue weighted by Gasteiger charge is 2.19. The fraction of sp³-hybridized carbons (Fsp3) is 0.700. The number of allylic oxidation sites excluding steroid dienone is 18. The van der Waals surface area contributed by atoms with E-state index in [4.69, 9.17) is 14.2 Å². The zero-order valence-corrected chi connectivity index (χ0v) is 49.7. The van der Waals surface area contributed by atoms with Crippen molar-refractivity contribution >= 4 is 17.9 Å². The zero-order chi connectivity index (χ0) is 55.0. The summed E-state index contributed by atoms with van der Waals surface area (Å²) in [6, 6.07) is 0. The van der Waals surface area contributed by atoms with Gasteiger partial charge < -0.3 is 14.2 Å². The smallest absolute Gasteiger partial charge is 0.306 e. The van der Waals surface area contributed by atoms with Crippen LogP contribution in [0.2, 0.25) is 0 Å². The van der Waals surface area contributed by atoms with Crippen LogP contribution in [-0.2, 0) is 28.6 Å². The van der Waals surface area contributed by atoms with Crippen LogP contribution in [0, 0.1) is 0 Å². The van der Waals surface area contributed by atoms with Crippen LogP contribution in [0.5, 0.6) is 0 Å². The monoisotopic (exact) mass is 1050 g/mol. The van der Waals surface area contributed by atoms with E-state index in [-0.39, 0.29) is 31.1 Å². The molecule has 0 aliphatic carbocycles. The lowest BCUT2D eigenvalue weighted by Crippen LogP contribution is -2.30. The first-order chi connectivity index (χ1) is 37.5. The summed E-state index contributed by atoms with van der Waals surface area (Å²) in [5.41, 5.74) is 0. The molecule has 0 saturated heterocycles. The van der Waals surface area contributed by atoms with Crippen LogP contribution in [0.15, 0.2) is 109 Å². The highest BCUT2D eigenvalue weighted by molar-refractivity contribution is 5.71. The summed E-state index contributed by atoms with van der Waals surface area (Å²) in [7, 11) is 0. The van der Waals surface area contributed by atoms with Crippen molar-refractivity contribution in [2.75, 3.05) is 13.2 Å². The number of ether oxygens (including phenoxy) is 3. The van der Waals surface area contributed by atoms with Crippen molar-refractivity contribution in [3.05, 3.63) is 109 Å². The maximum Gasteiger partial charge on any atom is 0.306 e. The van der Waals surface area contributed by atoms with E-state index in [0.717, 1.165) is 122 Å². The first-order valence-corrected chi connectivity index (χ1v) is 31.9. The Bertz CT molecular complexity index is 1540. The topological polar surface area (TPSA) is 78.9 Å². The second-order valence-electron chi connectivity index (χ2n) is 20.9. The van der Waals surface area contributed by atoms with Gasteiger partial charge in [0.15, 0.2) is 6.10 Å². The molecule has 0 bridgehead atoms. The van der Waals surface area contributed by atoms with Gasteiger partial charge in [-0.3, -0.25) is 14.4 Å². The molecule has 6 nitrogen and oxygen atoms in total. The average Bonchev–Trinajstić information content (AvgIpc) is 3.42. The number of carbonyl (C=O) groups is 3. The molecule has 0 N–H and O–H groups in total. The minimum absolute atomic E-state index is 0.0877. The van der Waals surface area contributed by atoms with E-state index in [1.165, 1.54) is 135 Å². The van der Waals surface area contributed by atoms with Gasteiger partial charge in [0.1, 0.15) is 13.2 Å². The van der Waals surface area contributed by atoms with Crippen LogP contribution in [0.1, 0.15) is 297 Å². The molecule has 0 aromatic carbocycles. The van der Waals surface area contributed by atoms with Gasteiger partial charge >= 0.3 is 17.9 Å². The van der Waals surface area contributed by atoms with Crippen molar-refractivity contribution in [1.82, 2.24) is 0 Å². The summed E-state index contributed by atoms with van der Waals surface area (Å²) in [6.07, 6.45) is 86.6. The van der Waals surface area contributed by atoms with Crippen LogP contribution in [-0.4, -0.2) is 37.2 Å². The molecule has 0 saturated carbocycles. The van der Waals surface area contributed by atoms with Gasteiger partial charge in [0.25, 0.3) is 0 Å². The fourth-order valence-electron chi connectivity index (χ4n) is 8.71. The van der Waals surface area contributed by atoms with E-state index in [0.29, 0.717) is 19.3 Å². The van der Waals surface area contributed by atoms with Crippen molar-refractivity contribution in [2.45, 2.75) is 303 Å². The molecule has 0 aromatic rings. The van der Waals surface area contributed by atoms with Crippen molar-refractivity contribution in [1.29, 1.82) is 0 Å². The van der Waals surface area contributed by atoms with Crippen LogP contribution >= 0.6 is 0 Å². The molecule has 0 radical (unpaired) electrons. The van der Waals surface area contributed by atoms with E-state index < -0.39 is 6.10 Å². The normalized spacial score (nSPS) is 12.8. The van der Waals surface area contributed by atoms with Gasteiger partial charge in [-0.25, -0.2) is 0 Å². The zero-order valence-electron chi connectivity index (χ0n) is 49.7. The van der Waals surface area contributed by atoms with Gasteiger partial charge in [-0.1, -0.05) is 259 Å². The summed E-state index contributed by atoms with van der Waals surface area (Å²) in [5.74, 6) is -0.906. The first kappa shape index (κ1) is 72.1. The number of rotatable bonds is 57. The molecule has 76 heavy (non-hydrogen) atoms. The van der Waals surface area contributed by atoms with Gasteiger partial charge in [-0.05, 0) is 128 Å². The third-order valence-corrected chi connectivity index (χ3v) is 13.5. The van der Waals surface area contributed by atoms with Crippen molar-refractivity contribution in [2.24, 2.45) is 0 Å². The number of hydrogen-bond donors (Lipinski definition) is 0. The molecule has 0 amide bonds. The maximum atomic E-state index is 12.9. The Labute approximate surface area is 470 Å². The molecular formula is C70H118O6. The lowest BCUT2D eigenvalue weighted by Gasteiger charge is -2.18. The molecule has 0 heterocycles. The van der Waals surface area contributed by atoms with Crippen LogP contribution in [0.3, 0.4) is 0 Å². The van der Waals surface area contributed by atoms with Gasteiger partial charge in [0.05, 0.1) is 0 Å². The van der Waals surface area contributed by atoms with Crippen molar-refractivity contribution < 1.29 is 28.6 Å². The van der Waals surface area contributed by atoms with Gasteiger partial charge in [0, 0.05) is 19.3 Å². The van der Waals surface area contributed by atoms with Gasteiger partial charge in [-0.2, -0.15) is 0 Å². The Morgan fingerprint density at radius 1 is 0.276 bits per heavy atom. The summed E-state index contributed by atoms with van der Waals surface area (Å²) in [4.78, 5) is 38.3. The molecule has 1 unspecified atom stereocenters. The summed E-state index contributed by atoms with van der Waals surface area (Å²) in [6.45, 7) is 6.47. The van der Waals surface area contributed by atoms with E-state index in [2.05, 4.69) is 130 Å². The molecule has 0 aromatic heterocycles. The fourth-order valence-corrected chi connectivity index (χ4v) is 8.71. The Hall–Kier alpha value is -3.93. The third-order valence-electron chi connectivity index (χ3n) is 13.5. The molecule has 1 atom stereocenters. The number of esters is 3. The molecular weight excluding hydrogens is 937 g/mol.